The van der Waals surface area contributed by atoms with Gasteiger partial charge in [-0.2, -0.15) is 0 Å². The number of hydrogen-bond acceptors (Lipinski definition) is 3. The fourth-order valence-electron chi connectivity index (χ4n) is 3.52. The SMILES string of the molecule is NC(=NCC(Cc1ccccc1)c1ccccc1)NCCCN1CCOCC1. The maximum Gasteiger partial charge on any atom is 0.188 e. The van der Waals surface area contributed by atoms with E-state index in [4.69, 9.17) is 10.5 Å². The highest BCUT2D eigenvalue weighted by Gasteiger charge is 2.12. The van der Waals surface area contributed by atoms with Gasteiger partial charge >= 0.3 is 0 Å². The Labute approximate surface area is 168 Å². The fourth-order valence-corrected chi connectivity index (χ4v) is 3.52. The zero-order chi connectivity index (χ0) is 19.4. The molecule has 0 saturated carbocycles. The number of morpholine rings is 1. The summed E-state index contributed by atoms with van der Waals surface area (Å²) in [5, 5.41) is 3.26. The third-order valence-electron chi connectivity index (χ3n) is 5.14. The molecule has 1 unspecified atom stereocenters. The van der Waals surface area contributed by atoms with E-state index < -0.39 is 0 Å². The van der Waals surface area contributed by atoms with Crippen LogP contribution < -0.4 is 11.1 Å². The number of guanidine groups is 1. The largest absolute Gasteiger partial charge is 0.379 e. The molecule has 2 aromatic carbocycles. The number of rotatable bonds is 9. The smallest absolute Gasteiger partial charge is 0.188 e. The predicted molar refractivity (Wildman–Crippen MR) is 116 cm³/mol. The molecule has 0 radical (unpaired) electrons. The Kier molecular flexibility index (Phi) is 8.34. The van der Waals surface area contributed by atoms with Crippen LogP contribution in [0.15, 0.2) is 65.7 Å². The molecule has 5 nitrogen and oxygen atoms in total. The van der Waals surface area contributed by atoms with E-state index in [1.807, 2.05) is 0 Å². The van der Waals surface area contributed by atoms with Crippen LogP contribution in [0, 0.1) is 0 Å². The molecule has 1 atom stereocenters. The van der Waals surface area contributed by atoms with Crippen molar-refractivity contribution in [1.29, 1.82) is 0 Å². The van der Waals surface area contributed by atoms with Gasteiger partial charge in [0.05, 0.1) is 13.2 Å². The first-order valence-corrected chi connectivity index (χ1v) is 10.2. The van der Waals surface area contributed by atoms with Crippen molar-refractivity contribution in [3.63, 3.8) is 0 Å². The Morgan fingerprint density at radius 2 is 1.71 bits per heavy atom. The van der Waals surface area contributed by atoms with Gasteiger partial charge in [-0.15, -0.1) is 0 Å². The molecule has 5 heteroatoms. The molecule has 1 saturated heterocycles. The van der Waals surface area contributed by atoms with E-state index in [9.17, 15) is 0 Å². The molecule has 150 valence electrons. The van der Waals surface area contributed by atoms with Gasteiger partial charge in [0.2, 0.25) is 0 Å². The quantitative estimate of drug-likeness (QED) is 0.399. The first kappa shape index (κ1) is 20.4. The van der Waals surface area contributed by atoms with Crippen LogP contribution in [-0.2, 0) is 11.2 Å². The van der Waals surface area contributed by atoms with Crippen LogP contribution in [0.4, 0.5) is 0 Å². The average Bonchev–Trinajstić information content (AvgIpc) is 2.76. The maximum atomic E-state index is 6.12. The van der Waals surface area contributed by atoms with Crippen molar-refractivity contribution in [2.24, 2.45) is 10.7 Å². The average molecular weight is 381 g/mol. The molecule has 1 aliphatic heterocycles. The lowest BCUT2D eigenvalue weighted by molar-refractivity contribution is 0.0376. The van der Waals surface area contributed by atoms with E-state index in [2.05, 4.69) is 75.9 Å². The molecule has 3 N–H and O–H groups in total. The normalized spacial score (nSPS) is 16.6. The molecule has 0 amide bonds. The summed E-state index contributed by atoms with van der Waals surface area (Å²) in [5.74, 6) is 0.855. The second kappa shape index (κ2) is 11.5. The third kappa shape index (κ3) is 6.98. The van der Waals surface area contributed by atoms with Crippen molar-refractivity contribution in [2.75, 3.05) is 45.9 Å². The van der Waals surface area contributed by atoms with Gasteiger partial charge in [-0.05, 0) is 30.5 Å². The van der Waals surface area contributed by atoms with E-state index >= 15 is 0 Å². The fraction of sp³-hybridized carbons (Fsp3) is 0.435. The number of nitrogens with two attached hydrogens (primary N) is 1. The third-order valence-corrected chi connectivity index (χ3v) is 5.14. The Morgan fingerprint density at radius 1 is 1.04 bits per heavy atom. The minimum Gasteiger partial charge on any atom is -0.379 e. The topological polar surface area (TPSA) is 62.9 Å². The van der Waals surface area contributed by atoms with Crippen molar-refractivity contribution in [3.8, 4) is 0 Å². The van der Waals surface area contributed by atoms with Gasteiger partial charge in [0, 0.05) is 32.1 Å². The van der Waals surface area contributed by atoms with E-state index in [-0.39, 0.29) is 0 Å². The number of nitrogens with one attached hydrogen (secondary N) is 1. The van der Waals surface area contributed by atoms with Crippen LogP contribution in [0.2, 0.25) is 0 Å². The number of nitrogens with zero attached hydrogens (tertiary/aromatic N) is 2. The molecule has 28 heavy (non-hydrogen) atoms. The van der Waals surface area contributed by atoms with Crippen LogP contribution in [0.1, 0.15) is 23.5 Å². The van der Waals surface area contributed by atoms with Crippen molar-refractivity contribution in [1.82, 2.24) is 10.2 Å². The van der Waals surface area contributed by atoms with Crippen LogP contribution in [0.3, 0.4) is 0 Å². The van der Waals surface area contributed by atoms with Gasteiger partial charge in [-0.1, -0.05) is 60.7 Å². The van der Waals surface area contributed by atoms with E-state index in [0.717, 1.165) is 52.2 Å². The van der Waals surface area contributed by atoms with Gasteiger partial charge in [0.25, 0.3) is 0 Å². The van der Waals surface area contributed by atoms with Gasteiger partial charge in [-0.3, -0.25) is 9.89 Å². The summed E-state index contributed by atoms with van der Waals surface area (Å²) in [4.78, 5) is 7.07. The zero-order valence-electron chi connectivity index (χ0n) is 16.6. The Hall–Kier alpha value is -2.37. The van der Waals surface area contributed by atoms with Crippen molar-refractivity contribution < 1.29 is 4.74 Å². The minimum absolute atomic E-state index is 0.317. The monoisotopic (exact) mass is 380 g/mol. The zero-order valence-corrected chi connectivity index (χ0v) is 16.6. The summed E-state index contributed by atoms with van der Waals surface area (Å²) in [7, 11) is 0. The lowest BCUT2D eigenvalue weighted by Gasteiger charge is -2.26. The van der Waals surface area contributed by atoms with E-state index in [1.165, 1.54) is 11.1 Å². The highest BCUT2D eigenvalue weighted by Crippen LogP contribution is 2.21. The van der Waals surface area contributed by atoms with Crippen LogP contribution in [-0.4, -0.2) is 56.8 Å². The second-order valence-corrected chi connectivity index (χ2v) is 7.26. The van der Waals surface area contributed by atoms with E-state index in [1.54, 1.807) is 0 Å². The summed E-state index contributed by atoms with van der Waals surface area (Å²) in [5.41, 5.74) is 8.74. The molecule has 1 fully saturated rings. The standard InChI is InChI=1S/C23H32N4O/c24-23(25-12-7-13-27-14-16-28-17-15-27)26-19-22(21-10-5-2-6-11-21)18-20-8-3-1-4-9-20/h1-6,8-11,22H,7,12-19H2,(H3,24,25,26). The predicted octanol–water partition coefficient (Wildman–Crippen LogP) is 2.64. The van der Waals surface area contributed by atoms with Gasteiger partial charge in [-0.25, -0.2) is 0 Å². The summed E-state index contributed by atoms with van der Waals surface area (Å²) >= 11 is 0. The van der Waals surface area contributed by atoms with E-state index in [0.29, 0.717) is 18.4 Å². The molecular formula is C23H32N4O. The first-order valence-electron chi connectivity index (χ1n) is 10.2. The molecule has 1 heterocycles. The highest BCUT2D eigenvalue weighted by atomic mass is 16.5. The maximum absolute atomic E-state index is 6.12. The second-order valence-electron chi connectivity index (χ2n) is 7.26. The van der Waals surface area contributed by atoms with Crippen LogP contribution in [0.25, 0.3) is 0 Å². The van der Waals surface area contributed by atoms with Gasteiger partial charge in [0.15, 0.2) is 5.96 Å². The number of hydrogen-bond donors (Lipinski definition) is 2. The molecular weight excluding hydrogens is 348 g/mol. The number of benzene rings is 2. The Balaban J connectivity index is 1.48. The molecule has 0 aliphatic carbocycles. The van der Waals surface area contributed by atoms with Crippen molar-refractivity contribution >= 4 is 5.96 Å². The van der Waals surface area contributed by atoms with Crippen molar-refractivity contribution in [3.05, 3.63) is 71.8 Å². The molecule has 0 spiro atoms. The van der Waals surface area contributed by atoms with Gasteiger partial charge < -0.3 is 15.8 Å². The molecule has 0 aromatic heterocycles. The highest BCUT2D eigenvalue weighted by molar-refractivity contribution is 5.77. The molecule has 0 bridgehead atoms. The summed E-state index contributed by atoms with van der Waals surface area (Å²) in [6.45, 7) is 6.36. The Morgan fingerprint density at radius 3 is 2.43 bits per heavy atom. The summed E-state index contributed by atoms with van der Waals surface area (Å²) in [6, 6.07) is 21.2. The van der Waals surface area contributed by atoms with Crippen LogP contribution in [0.5, 0.6) is 0 Å². The Bertz CT molecular complexity index is 699. The van der Waals surface area contributed by atoms with Gasteiger partial charge in [0.1, 0.15) is 0 Å². The lowest BCUT2D eigenvalue weighted by atomic mass is 9.92. The number of ether oxygens (including phenoxy) is 1. The van der Waals surface area contributed by atoms with Crippen LogP contribution >= 0.6 is 0 Å². The summed E-state index contributed by atoms with van der Waals surface area (Å²) in [6.07, 6.45) is 2.01. The van der Waals surface area contributed by atoms with Crippen molar-refractivity contribution in [2.45, 2.75) is 18.8 Å². The lowest BCUT2D eigenvalue weighted by Crippen LogP contribution is -2.39. The minimum atomic E-state index is 0.317. The molecule has 3 rings (SSSR count). The summed E-state index contributed by atoms with van der Waals surface area (Å²) < 4.78 is 5.38. The molecule has 1 aliphatic rings. The first-order chi connectivity index (χ1) is 13.8. The molecule has 2 aromatic rings. The number of aliphatic imine (C=N–C) groups is 1.